The van der Waals surface area contributed by atoms with Crippen molar-refractivity contribution in [2.24, 2.45) is 0 Å². The Kier molecular flexibility index (Phi) is 5.22. The quantitative estimate of drug-likeness (QED) is 0.537. The van der Waals surface area contributed by atoms with E-state index < -0.39 is 17.6 Å². The first kappa shape index (κ1) is 18.7. The van der Waals surface area contributed by atoms with E-state index >= 15 is 0 Å². The average Bonchev–Trinajstić information content (AvgIpc) is 3.02. The zero-order valence-electron chi connectivity index (χ0n) is 12.8. The van der Waals surface area contributed by atoms with Crippen LogP contribution in [-0.2, 0) is 6.18 Å². The maximum Gasteiger partial charge on any atom is 0.416 e. The van der Waals surface area contributed by atoms with Gasteiger partial charge in [0.15, 0.2) is 5.13 Å². The molecule has 0 aliphatic heterocycles. The Morgan fingerprint density at radius 3 is 2.58 bits per heavy atom. The summed E-state index contributed by atoms with van der Waals surface area (Å²) >= 11 is 13.1. The minimum atomic E-state index is -4.52. The number of nitrogens with zero attached hydrogens (tertiary/aromatic N) is 1. The first-order valence-corrected chi connectivity index (χ1v) is 8.77. The molecule has 9 heteroatoms. The molecule has 3 aromatic rings. The van der Waals surface area contributed by atoms with Crippen molar-refractivity contribution < 1.29 is 18.0 Å². The Balaban J connectivity index is 1.80. The molecule has 134 valence electrons. The van der Waals surface area contributed by atoms with Crippen molar-refractivity contribution in [3.05, 3.63) is 69.0 Å². The Morgan fingerprint density at radius 1 is 1.12 bits per heavy atom. The van der Waals surface area contributed by atoms with Gasteiger partial charge in [-0.1, -0.05) is 29.3 Å². The second-order valence-electron chi connectivity index (χ2n) is 5.19. The summed E-state index contributed by atoms with van der Waals surface area (Å²) in [6.45, 7) is 0. The van der Waals surface area contributed by atoms with Gasteiger partial charge in [0, 0.05) is 21.5 Å². The van der Waals surface area contributed by atoms with Gasteiger partial charge in [0.25, 0.3) is 5.91 Å². The molecule has 0 aliphatic carbocycles. The molecule has 1 amide bonds. The number of alkyl halides is 3. The lowest BCUT2D eigenvalue weighted by atomic mass is 10.1. The molecular formula is C17H9Cl2F3N2OS. The van der Waals surface area contributed by atoms with Gasteiger partial charge in [-0.3, -0.25) is 10.1 Å². The topological polar surface area (TPSA) is 42.0 Å². The zero-order chi connectivity index (χ0) is 18.9. The molecule has 3 nitrogen and oxygen atoms in total. The number of benzene rings is 2. The predicted octanol–water partition coefficient (Wildman–Crippen LogP) is 6.39. The lowest BCUT2D eigenvalue weighted by molar-refractivity contribution is -0.137. The summed E-state index contributed by atoms with van der Waals surface area (Å²) < 4.78 is 38.3. The molecule has 1 heterocycles. The van der Waals surface area contributed by atoms with E-state index in [4.69, 9.17) is 23.2 Å². The molecule has 0 unspecified atom stereocenters. The molecule has 0 saturated carbocycles. The van der Waals surface area contributed by atoms with Gasteiger partial charge in [0.05, 0.1) is 16.3 Å². The van der Waals surface area contributed by atoms with Crippen molar-refractivity contribution in [3.63, 3.8) is 0 Å². The van der Waals surface area contributed by atoms with Gasteiger partial charge < -0.3 is 0 Å². The normalized spacial score (nSPS) is 11.4. The van der Waals surface area contributed by atoms with Gasteiger partial charge in [-0.2, -0.15) is 13.2 Å². The summed E-state index contributed by atoms with van der Waals surface area (Å²) in [4.78, 5) is 16.4. The Bertz CT molecular complexity index is 973. The molecule has 0 fully saturated rings. The van der Waals surface area contributed by atoms with Crippen molar-refractivity contribution in [2.75, 3.05) is 5.32 Å². The van der Waals surface area contributed by atoms with E-state index in [1.165, 1.54) is 12.1 Å². The highest BCUT2D eigenvalue weighted by Crippen LogP contribution is 2.33. The summed E-state index contributed by atoms with van der Waals surface area (Å²) in [5, 5.41) is 5.29. The third-order valence-electron chi connectivity index (χ3n) is 3.38. The summed E-state index contributed by atoms with van der Waals surface area (Å²) in [6, 6.07) is 9.09. The van der Waals surface area contributed by atoms with E-state index in [1.807, 2.05) is 0 Å². The maximum atomic E-state index is 12.8. The third kappa shape index (κ3) is 4.17. The van der Waals surface area contributed by atoms with Crippen LogP contribution in [0.4, 0.5) is 18.3 Å². The molecule has 1 N–H and O–H groups in total. The summed E-state index contributed by atoms with van der Waals surface area (Å²) in [7, 11) is 0. The van der Waals surface area contributed by atoms with Crippen molar-refractivity contribution in [3.8, 4) is 11.3 Å². The largest absolute Gasteiger partial charge is 0.416 e. The number of amides is 1. The SMILES string of the molecule is O=C(Nc1nc(-c2ccc(Cl)cc2Cl)cs1)c1cccc(C(F)(F)F)c1. The lowest BCUT2D eigenvalue weighted by Gasteiger charge is -2.08. The van der Waals surface area contributed by atoms with Crippen LogP contribution in [0.2, 0.25) is 10.0 Å². The molecule has 2 aromatic carbocycles. The molecule has 0 spiro atoms. The predicted molar refractivity (Wildman–Crippen MR) is 97.0 cm³/mol. The molecule has 0 atom stereocenters. The average molecular weight is 417 g/mol. The van der Waals surface area contributed by atoms with E-state index in [0.29, 0.717) is 21.3 Å². The van der Waals surface area contributed by atoms with Crippen molar-refractivity contribution >= 4 is 45.6 Å². The minimum absolute atomic E-state index is 0.110. The number of carbonyl (C=O) groups excluding carboxylic acids is 1. The molecule has 3 rings (SSSR count). The molecule has 0 saturated heterocycles. The Morgan fingerprint density at radius 2 is 1.88 bits per heavy atom. The van der Waals surface area contributed by atoms with E-state index in [-0.39, 0.29) is 10.7 Å². The molecule has 0 radical (unpaired) electrons. The highest BCUT2D eigenvalue weighted by atomic mass is 35.5. The Labute approximate surface area is 160 Å². The van der Waals surface area contributed by atoms with E-state index in [2.05, 4.69) is 10.3 Å². The number of thiazole rings is 1. The van der Waals surface area contributed by atoms with Crippen LogP contribution in [0, 0.1) is 0 Å². The van der Waals surface area contributed by atoms with E-state index in [0.717, 1.165) is 23.5 Å². The first-order valence-electron chi connectivity index (χ1n) is 7.13. The van der Waals surface area contributed by atoms with Gasteiger partial charge >= 0.3 is 6.18 Å². The van der Waals surface area contributed by atoms with Crippen LogP contribution in [0.1, 0.15) is 15.9 Å². The van der Waals surface area contributed by atoms with Crippen molar-refractivity contribution in [1.82, 2.24) is 4.98 Å². The number of anilines is 1. The smallest absolute Gasteiger partial charge is 0.298 e. The molecule has 0 bridgehead atoms. The Hall–Kier alpha value is -2.09. The number of halogens is 5. The number of rotatable bonds is 3. The highest BCUT2D eigenvalue weighted by Gasteiger charge is 2.30. The van der Waals surface area contributed by atoms with Gasteiger partial charge in [0.1, 0.15) is 0 Å². The number of carbonyl (C=O) groups is 1. The number of nitrogens with one attached hydrogen (secondary N) is 1. The summed E-state index contributed by atoms with van der Waals surface area (Å²) in [5.74, 6) is -0.681. The summed E-state index contributed by atoms with van der Waals surface area (Å²) in [5.41, 5.74) is 0.155. The number of hydrogen-bond acceptors (Lipinski definition) is 3. The lowest BCUT2D eigenvalue weighted by Crippen LogP contribution is -2.13. The van der Waals surface area contributed by atoms with Gasteiger partial charge in [-0.15, -0.1) is 11.3 Å². The highest BCUT2D eigenvalue weighted by molar-refractivity contribution is 7.14. The fraction of sp³-hybridized carbons (Fsp3) is 0.0588. The van der Waals surface area contributed by atoms with Crippen LogP contribution in [0.3, 0.4) is 0 Å². The van der Waals surface area contributed by atoms with Crippen molar-refractivity contribution in [1.29, 1.82) is 0 Å². The second kappa shape index (κ2) is 7.26. The van der Waals surface area contributed by atoms with Crippen molar-refractivity contribution in [2.45, 2.75) is 6.18 Å². The second-order valence-corrected chi connectivity index (χ2v) is 6.90. The first-order chi connectivity index (χ1) is 12.2. The van der Waals surface area contributed by atoms with E-state index in [9.17, 15) is 18.0 Å². The van der Waals surface area contributed by atoms with Crippen LogP contribution in [0.25, 0.3) is 11.3 Å². The van der Waals surface area contributed by atoms with Crippen LogP contribution < -0.4 is 5.32 Å². The number of hydrogen-bond donors (Lipinski definition) is 1. The monoisotopic (exact) mass is 416 g/mol. The molecular weight excluding hydrogens is 408 g/mol. The standard InChI is InChI=1S/C17H9Cl2F3N2OS/c18-11-4-5-12(13(19)7-11)14-8-26-16(23-14)24-15(25)9-2-1-3-10(6-9)17(20,21)22/h1-8H,(H,23,24,25). The van der Waals surface area contributed by atoms with Crippen LogP contribution in [-0.4, -0.2) is 10.9 Å². The zero-order valence-corrected chi connectivity index (χ0v) is 15.1. The van der Waals surface area contributed by atoms with Crippen LogP contribution in [0.15, 0.2) is 47.8 Å². The van der Waals surface area contributed by atoms with Gasteiger partial charge in [0.2, 0.25) is 0 Å². The van der Waals surface area contributed by atoms with Gasteiger partial charge in [-0.25, -0.2) is 4.98 Å². The maximum absolute atomic E-state index is 12.8. The minimum Gasteiger partial charge on any atom is -0.298 e. The van der Waals surface area contributed by atoms with Crippen LogP contribution in [0.5, 0.6) is 0 Å². The summed E-state index contributed by atoms with van der Waals surface area (Å²) in [6.07, 6.45) is -4.52. The molecule has 26 heavy (non-hydrogen) atoms. The fourth-order valence-electron chi connectivity index (χ4n) is 2.16. The van der Waals surface area contributed by atoms with Crippen LogP contribution >= 0.6 is 34.5 Å². The fourth-order valence-corrected chi connectivity index (χ4v) is 3.37. The number of aromatic nitrogens is 1. The van der Waals surface area contributed by atoms with E-state index in [1.54, 1.807) is 23.6 Å². The molecule has 1 aromatic heterocycles. The third-order valence-corrected chi connectivity index (χ3v) is 4.69. The van der Waals surface area contributed by atoms with Gasteiger partial charge in [-0.05, 0) is 36.4 Å². The molecule has 0 aliphatic rings.